The minimum atomic E-state index is -0.436. The summed E-state index contributed by atoms with van der Waals surface area (Å²) in [5.74, 6) is -0.938. The van der Waals surface area contributed by atoms with Gasteiger partial charge in [-0.3, -0.25) is 9.59 Å². The zero-order chi connectivity index (χ0) is 20.4. The minimum Gasteiger partial charge on any atom is -0.462 e. The van der Waals surface area contributed by atoms with Gasteiger partial charge in [0.05, 0.1) is 17.7 Å². The van der Waals surface area contributed by atoms with Crippen molar-refractivity contribution >= 4 is 50.5 Å². The number of thiophene rings is 2. The molecule has 0 fully saturated rings. The molecule has 0 aliphatic heterocycles. The zero-order valence-electron chi connectivity index (χ0n) is 16.5. The normalized spacial score (nSPS) is 13.0. The second kappa shape index (κ2) is 8.45. The molecule has 2 heterocycles. The standard InChI is InChI=1S/C20H24N2O4S2/c1-5-26-20(25)15-10(2)11(3)27-18(15)22-17(24)16-13-8-6-7-9-14(13)28-19(16)21-12(4)23/h5-9H2,1-4H3,(H,21,23)(H,22,24). The summed E-state index contributed by atoms with van der Waals surface area (Å²) in [5, 5.41) is 6.79. The highest BCUT2D eigenvalue weighted by Crippen LogP contribution is 2.40. The van der Waals surface area contributed by atoms with Crippen molar-refractivity contribution in [2.24, 2.45) is 0 Å². The quantitative estimate of drug-likeness (QED) is 0.687. The van der Waals surface area contributed by atoms with Gasteiger partial charge in [-0.15, -0.1) is 22.7 Å². The monoisotopic (exact) mass is 420 g/mol. The van der Waals surface area contributed by atoms with Crippen LogP contribution < -0.4 is 10.6 Å². The summed E-state index contributed by atoms with van der Waals surface area (Å²) >= 11 is 2.84. The predicted molar refractivity (Wildman–Crippen MR) is 113 cm³/mol. The van der Waals surface area contributed by atoms with Crippen molar-refractivity contribution in [2.45, 2.75) is 53.4 Å². The van der Waals surface area contributed by atoms with Gasteiger partial charge in [-0.25, -0.2) is 4.79 Å². The molecule has 0 aromatic carbocycles. The number of hydrogen-bond acceptors (Lipinski definition) is 6. The number of nitrogens with one attached hydrogen (secondary N) is 2. The summed E-state index contributed by atoms with van der Waals surface area (Å²) < 4.78 is 5.16. The Morgan fingerprint density at radius 1 is 1.00 bits per heavy atom. The van der Waals surface area contributed by atoms with Crippen molar-refractivity contribution in [3.63, 3.8) is 0 Å². The second-order valence-corrected chi connectivity index (χ2v) is 9.09. The van der Waals surface area contributed by atoms with Crippen LogP contribution in [0.5, 0.6) is 0 Å². The minimum absolute atomic E-state index is 0.206. The first-order valence-corrected chi connectivity index (χ1v) is 11.0. The van der Waals surface area contributed by atoms with E-state index in [0.29, 0.717) is 21.1 Å². The molecule has 2 N–H and O–H groups in total. The smallest absolute Gasteiger partial charge is 0.341 e. The molecule has 6 nitrogen and oxygen atoms in total. The van der Waals surface area contributed by atoms with Crippen molar-refractivity contribution in [1.29, 1.82) is 0 Å². The van der Waals surface area contributed by atoms with Crippen LogP contribution in [-0.2, 0) is 22.4 Å². The molecule has 0 atom stereocenters. The third kappa shape index (κ3) is 3.98. The van der Waals surface area contributed by atoms with Gasteiger partial charge in [-0.1, -0.05) is 0 Å². The van der Waals surface area contributed by atoms with Crippen LogP contribution in [0.4, 0.5) is 10.0 Å². The van der Waals surface area contributed by atoms with Crippen molar-refractivity contribution in [2.75, 3.05) is 17.2 Å². The molecule has 0 saturated carbocycles. The summed E-state index contributed by atoms with van der Waals surface area (Å²) in [4.78, 5) is 39.3. The number of fused-ring (bicyclic) bond motifs is 1. The van der Waals surface area contributed by atoms with Gasteiger partial charge in [-0.2, -0.15) is 0 Å². The fourth-order valence-electron chi connectivity index (χ4n) is 3.38. The Morgan fingerprint density at radius 2 is 1.68 bits per heavy atom. The number of hydrogen-bond donors (Lipinski definition) is 2. The Labute approximate surface area is 172 Å². The van der Waals surface area contributed by atoms with E-state index in [-0.39, 0.29) is 18.4 Å². The zero-order valence-corrected chi connectivity index (χ0v) is 18.1. The lowest BCUT2D eigenvalue weighted by atomic mass is 9.95. The third-order valence-corrected chi connectivity index (χ3v) is 7.11. The Bertz CT molecular complexity index is 943. The molecule has 2 amide bonds. The first kappa shape index (κ1) is 20.5. The summed E-state index contributed by atoms with van der Waals surface area (Å²) in [7, 11) is 0. The Morgan fingerprint density at radius 3 is 2.36 bits per heavy atom. The maximum Gasteiger partial charge on any atom is 0.341 e. The van der Waals surface area contributed by atoms with Crippen LogP contribution >= 0.6 is 22.7 Å². The lowest BCUT2D eigenvalue weighted by molar-refractivity contribution is -0.114. The van der Waals surface area contributed by atoms with Crippen LogP contribution in [0.1, 0.15) is 68.3 Å². The maximum atomic E-state index is 13.2. The fraction of sp³-hybridized carbons (Fsp3) is 0.450. The SMILES string of the molecule is CCOC(=O)c1c(NC(=O)c2c(NC(C)=O)sc3c2CCCC3)sc(C)c1C. The topological polar surface area (TPSA) is 84.5 Å². The molecule has 28 heavy (non-hydrogen) atoms. The van der Waals surface area contributed by atoms with Gasteiger partial charge in [0.1, 0.15) is 10.0 Å². The van der Waals surface area contributed by atoms with E-state index in [9.17, 15) is 14.4 Å². The highest BCUT2D eigenvalue weighted by atomic mass is 32.1. The van der Waals surface area contributed by atoms with Gasteiger partial charge in [0.15, 0.2) is 0 Å². The molecule has 3 rings (SSSR count). The van der Waals surface area contributed by atoms with E-state index in [1.807, 2.05) is 13.8 Å². The highest BCUT2D eigenvalue weighted by Gasteiger charge is 2.28. The molecule has 0 bridgehead atoms. The molecule has 150 valence electrons. The third-order valence-electron chi connectivity index (χ3n) is 4.78. The molecule has 1 aliphatic rings. The van der Waals surface area contributed by atoms with Crippen LogP contribution in [0, 0.1) is 13.8 Å². The number of amides is 2. The van der Waals surface area contributed by atoms with Crippen LogP contribution in [0.15, 0.2) is 0 Å². The predicted octanol–water partition coefficient (Wildman–Crippen LogP) is 4.69. The van der Waals surface area contributed by atoms with Gasteiger partial charge >= 0.3 is 5.97 Å². The molecular weight excluding hydrogens is 396 g/mol. The van der Waals surface area contributed by atoms with Crippen LogP contribution in [0.2, 0.25) is 0 Å². The molecule has 2 aromatic rings. The van der Waals surface area contributed by atoms with Crippen LogP contribution in [0.25, 0.3) is 0 Å². The largest absolute Gasteiger partial charge is 0.462 e. The number of anilines is 2. The molecule has 8 heteroatoms. The maximum absolute atomic E-state index is 13.2. The van der Waals surface area contributed by atoms with Gasteiger partial charge < -0.3 is 15.4 Å². The van der Waals surface area contributed by atoms with Gasteiger partial charge in [0, 0.05) is 16.7 Å². The number of carbonyl (C=O) groups excluding carboxylic acids is 3. The Kier molecular flexibility index (Phi) is 6.20. The van der Waals surface area contributed by atoms with E-state index in [4.69, 9.17) is 4.74 Å². The highest BCUT2D eigenvalue weighted by molar-refractivity contribution is 7.17. The number of esters is 1. The Hall–Kier alpha value is -2.19. The summed E-state index contributed by atoms with van der Waals surface area (Å²) in [5.41, 5.74) is 2.75. The molecule has 0 spiro atoms. The molecule has 0 saturated heterocycles. The summed E-state index contributed by atoms with van der Waals surface area (Å²) in [6.45, 7) is 7.22. The van der Waals surface area contributed by atoms with E-state index >= 15 is 0 Å². The van der Waals surface area contributed by atoms with Crippen LogP contribution in [0.3, 0.4) is 0 Å². The van der Waals surface area contributed by atoms with E-state index in [1.165, 1.54) is 29.6 Å². The molecule has 0 radical (unpaired) electrons. The van der Waals surface area contributed by atoms with Crippen molar-refractivity contribution in [3.8, 4) is 0 Å². The average molecular weight is 421 g/mol. The first-order chi connectivity index (χ1) is 13.3. The number of rotatable bonds is 5. The van der Waals surface area contributed by atoms with Gasteiger partial charge in [-0.05, 0) is 57.6 Å². The Balaban J connectivity index is 1.98. The van der Waals surface area contributed by atoms with Crippen molar-refractivity contribution in [3.05, 3.63) is 32.0 Å². The van der Waals surface area contributed by atoms with E-state index in [1.54, 1.807) is 6.92 Å². The lowest BCUT2D eigenvalue weighted by Crippen LogP contribution is -2.18. The molecule has 2 aromatic heterocycles. The number of aryl methyl sites for hydroxylation is 2. The van der Waals surface area contributed by atoms with E-state index < -0.39 is 5.97 Å². The number of carbonyl (C=O) groups is 3. The summed E-state index contributed by atoms with van der Waals surface area (Å²) in [6.07, 6.45) is 3.85. The molecule has 1 aliphatic carbocycles. The van der Waals surface area contributed by atoms with E-state index in [0.717, 1.165) is 46.6 Å². The summed E-state index contributed by atoms with van der Waals surface area (Å²) in [6, 6.07) is 0. The van der Waals surface area contributed by atoms with Gasteiger partial charge in [0.25, 0.3) is 5.91 Å². The van der Waals surface area contributed by atoms with Crippen molar-refractivity contribution < 1.29 is 19.1 Å². The van der Waals surface area contributed by atoms with Crippen molar-refractivity contribution in [1.82, 2.24) is 0 Å². The van der Waals surface area contributed by atoms with Gasteiger partial charge in [0.2, 0.25) is 5.91 Å². The fourth-order valence-corrected chi connectivity index (χ4v) is 5.76. The average Bonchev–Trinajstić information content (AvgIpc) is 3.11. The van der Waals surface area contributed by atoms with E-state index in [2.05, 4.69) is 10.6 Å². The molecular formula is C20H24N2O4S2. The molecule has 0 unspecified atom stereocenters. The second-order valence-electron chi connectivity index (χ2n) is 6.76. The first-order valence-electron chi connectivity index (χ1n) is 9.34. The van der Waals surface area contributed by atoms with Crippen LogP contribution in [-0.4, -0.2) is 24.4 Å². The lowest BCUT2D eigenvalue weighted by Gasteiger charge is -2.13. The number of ether oxygens (including phenoxy) is 1.